The van der Waals surface area contributed by atoms with E-state index in [9.17, 15) is 4.39 Å². The number of rotatable bonds is 6. The van der Waals surface area contributed by atoms with Crippen LogP contribution in [0.25, 0.3) is 0 Å². The van der Waals surface area contributed by atoms with E-state index in [0.717, 1.165) is 18.8 Å². The molecule has 1 atom stereocenters. The molecule has 2 aromatic carbocycles. The Kier molecular flexibility index (Phi) is 5.34. The van der Waals surface area contributed by atoms with Crippen molar-refractivity contribution in [2.24, 2.45) is 5.73 Å². The van der Waals surface area contributed by atoms with Crippen molar-refractivity contribution in [3.05, 3.63) is 65.5 Å². The zero-order valence-corrected chi connectivity index (χ0v) is 12.7. The molecular formula is C18H23FN2. The highest BCUT2D eigenvalue weighted by Gasteiger charge is 2.15. The average Bonchev–Trinajstić information content (AvgIpc) is 2.48. The molecular weight excluding hydrogens is 263 g/mol. The van der Waals surface area contributed by atoms with Gasteiger partial charge >= 0.3 is 0 Å². The van der Waals surface area contributed by atoms with Gasteiger partial charge in [-0.1, -0.05) is 36.4 Å². The van der Waals surface area contributed by atoms with Crippen molar-refractivity contribution in [2.45, 2.75) is 32.9 Å². The van der Waals surface area contributed by atoms with Crippen molar-refractivity contribution in [2.75, 3.05) is 11.4 Å². The third kappa shape index (κ3) is 4.05. The fraction of sp³-hybridized carbons (Fsp3) is 0.333. The Hall–Kier alpha value is -1.87. The maximum atomic E-state index is 14.2. The SMILES string of the molecule is CCN(Cc1ccccc1)c1cccc(F)c1CC(C)N. The van der Waals surface area contributed by atoms with Crippen LogP contribution >= 0.6 is 0 Å². The van der Waals surface area contributed by atoms with Gasteiger partial charge in [-0.25, -0.2) is 4.39 Å². The summed E-state index contributed by atoms with van der Waals surface area (Å²) in [6.45, 7) is 5.59. The van der Waals surface area contributed by atoms with Gasteiger partial charge in [0.05, 0.1) is 0 Å². The fourth-order valence-electron chi connectivity index (χ4n) is 2.54. The number of nitrogens with two attached hydrogens (primary N) is 1. The number of hydrogen-bond donors (Lipinski definition) is 1. The van der Waals surface area contributed by atoms with Gasteiger partial charge < -0.3 is 10.6 Å². The molecule has 21 heavy (non-hydrogen) atoms. The molecule has 0 aliphatic carbocycles. The standard InChI is InChI=1S/C18H23FN2/c1-3-21(13-15-8-5-4-6-9-15)18-11-7-10-17(19)16(18)12-14(2)20/h4-11,14H,3,12-13,20H2,1-2H3. The molecule has 0 aliphatic rings. The molecule has 112 valence electrons. The summed E-state index contributed by atoms with van der Waals surface area (Å²) >= 11 is 0. The molecule has 3 heteroatoms. The molecule has 0 fully saturated rings. The summed E-state index contributed by atoms with van der Waals surface area (Å²) in [4.78, 5) is 2.19. The van der Waals surface area contributed by atoms with Crippen molar-refractivity contribution in [1.82, 2.24) is 0 Å². The molecule has 2 aromatic rings. The minimum Gasteiger partial charge on any atom is -0.367 e. The van der Waals surface area contributed by atoms with E-state index < -0.39 is 0 Å². The first kappa shape index (κ1) is 15.5. The molecule has 2 rings (SSSR count). The molecule has 0 aliphatic heterocycles. The van der Waals surface area contributed by atoms with Crippen molar-refractivity contribution in [3.8, 4) is 0 Å². The summed E-state index contributed by atoms with van der Waals surface area (Å²) < 4.78 is 14.2. The van der Waals surface area contributed by atoms with E-state index in [4.69, 9.17) is 5.73 Å². The molecule has 0 saturated heterocycles. The van der Waals surface area contributed by atoms with Crippen LogP contribution in [0, 0.1) is 5.82 Å². The number of anilines is 1. The molecule has 0 spiro atoms. The lowest BCUT2D eigenvalue weighted by Crippen LogP contribution is -2.26. The average molecular weight is 286 g/mol. The van der Waals surface area contributed by atoms with Gasteiger partial charge in [0, 0.05) is 30.4 Å². The second-order valence-corrected chi connectivity index (χ2v) is 5.42. The minimum absolute atomic E-state index is 0.0592. The van der Waals surface area contributed by atoms with Gasteiger partial charge in [-0.2, -0.15) is 0 Å². The van der Waals surface area contributed by atoms with Gasteiger partial charge in [-0.05, 0) is 38.0 Å². The Labute approximate surface area is 126 Å². The Morgan fingerprint density at radius 2 is 1.81 bits per heavy atom. The quantitative estimate of drug-likeness (QED) is 0.876. The third-order valence-electron chi connectivity index (χ3n) is 3.56. The summed E-state index contributed by atoms with van der Waals surface area (Å²) in [5.41, 5.74) is 8.75. The van der Waals surface area contributed by atoms with Crippen molar-refractivity contribution in [1.29, 1.82) is 0 Å². The van der Waals surface area contributed by atoms with E-state index in [1.165, 1.54) is 11.6 Å². The Bertz CT molecular complexity index is 567. The first-order valence-electron chi connectivity index (χ1n) is 7.43. The largest absolute Gasteiger partial charge is 0.367 e. The summed E-state index contributed by atoms with van der Waals surface area (Å²) in [6.07, 6.45) is 0.549. The van der Waals surface area contributed by atoms with Gasteiger partial charge in [0.15, 0.2) is 0 Å². The van der Waals surface area contributed by atoms with Crippen LogP contribution in [0.15, 0.2) is 48.5 Å². The number of nitrogens with zero attached hydrogens (tertiary/aromatic N) is 1. The summed E-state index contributed by atoms with van der Waals surface area (Å²) in [5.74, 6) is -0.170. The van der Waals surface area contributed by atoms with Crippen molar-refractivity contribution < 1.29 is 4.39 Å². The highest BCUT2D eigenvalue weighted by atomic mass is 19.1. The second kappa shape index (κ2) is 7.23. The molecule has 1 unspecified atom stereocenters. The normalized spacial score (nSPS) is 12.2. The van der Waals surface area contributed by atoms with Gasteiger partial charge in [-0.15, -0.1) is 0 Å². The lowest BCUT2D eigenvalue weighted by molar-refractivity contribution is 0.594. The Morgan fingerprint density at radius 3 is 2.43 bits per heavy atom. The number of halogens is 1. The smallest absolute Gasteiger partial charge is 0.128 e. The molecule has 2 N–H and O–H groups in total. The molecule has 2 nitrogen and oxygen atoms in total. The predicted molar refractivity (Wildman–Crippen MR) is 86.9 cm³/mol. The first-order chi connectivity index (χ1) is 10.1. The lowest BCUT2D eigenvalue weighted by Gasteiger charge is -2.26. The predicted octanol–water partition coefficient (Wildman–Crippen LogP) is 3.74. The van der Waals surface area contributed by atoms with Crippen molar-refractivity contribution in [3.63, 3.8) is 0 Å². The maximum absolute atomic E-state index is 14.2. The van der Waals surface area contributed by atoms with E-state index in [0.29, 0.717) is 12.0 Å². The summed E-state index contributed by atoms with van der Waals surface area (Å²) in [5, 5.41) is 0. The third-order valence-corrected chi connectivity index (χ3v) is 3.56. The van der Waals surface area contributed by atoms with E-state index >= 15 is 0 Å². The van der Waals surface area contributed by atoms with E-state index in [-0.39, 0.29) is 11.9 Å². The Morgan fingerprint density at radius 1 is 1.10 bits per heavy atom. The van der Waals surface area contributed by atoms with Crippen LogP contribution in [0.2, 0.25) is 0 Å². The van der Waals surface area contributed by atoms with Crippen LogP contribution in [0.1, 0.15) is 25.0 Å². The van der Waals surface area contributed by atoms with Crippen LogP contribution < -0.4 is 10.6 Å². The van der Waals surface area contributed by atoms with Crippen LogP contribution in [0.3, 0.4) is 0 Å². The summed E-state index contributed by atoms with van der Waals surface area (Å²) in [6, 6.07) is 15.4. The van der Waals surface area contributed by atoms with Crippen molar-refractivity contribution >= 4 is 5.69 Å². The van der Waals surface area contributed by atoms with Gasteiger partial charge in [-0.3, -0.25) is 0 Å². The minimum atomic E-state index is -0.170. The van der Waals surface area contributed by atoms with E-state index in [2.05, 4.69) is 24.0 Å². The van der Waals surface area contributed by atoms with Crippen LogP contribution in [-0.4, -0.2) is 12.6 Å². The van der Waals surface area contributed by atoms with Gasteiger partial charge in [0.25, 0.3) is 0 Å². The molecule has 0 aromatic heterocycles. The topological polar surface area (TPSA) is 29.3 Å². The summed E-state index contributed by atoms with van der Waals surface area (Å²) in [7, 11) is 0. The van der Waals surface area contributed by atoms with E-state index in [1.807, 2.05) is 31.2 Å². The fourth-order valence-corrected chi connectivity index (χ4v) is 2.54. The first-order valence-corrected chi connectivity index (χ1v) is 7.43. The number of hydrogen-bond acceptors (Lipinski definition) is 2. The Balaban J connectivity index is 2.31. The van der Waals surface area contributed by atoms with Gasteiger partial charge in [0.2, 0.25) is 0 Å². The van der Waals surface area contributed by atoms with Crippen LogP contribution in [-0.2, 0) is 13.0 Å². The van der Waals surface area contributed by atoms with E-state index in [1.54, 1.807) is 6.07 Å². The zero-order chi connectivity index (χ0) is 15.2. The highest BCUT2D eigenvalue weighted by molar-refractivity contribution is 5.55. The molecule has 0 bridgehead atoms. The molecule has 0 saturated carbocycles. The molecule has 0 heterocycles. The second-order valence-electron chi connectivity index (χ2n) is 5.42. The van der Waals surface area contributed by atoms with Gasteiger partial charge in [0.1, 0.15) is 5.82 Å². The monoisotopic (exact) mass is 286 g/mol. The molecule has 0 amide bonds. The van der Waals surface area contributed by atoms with Crippen LogP contribution in [0.5, 0.6) is 0 Å². The van der Waals surface area contributed by atoms with Crippen LogP contribution in [0.4, 0.5) is 10.1 Å². The maximum Gasteiger partial charge on any atom is 0.128 e. The lowest BCUT2D eigenvalue weighted by atomic mass is 10.0. The molecule has 0 radical (unpaired) electrons. The highest BCUT2D eigenvalue weighted by Crippen LogP contribution is 2.26. The number of benzene rings is 2. The zero-order valence-electron chi connectivity index (χ0n) is 12.7.